The molecule has 0 fully saturated rings. The second kappa shape index (κ2) is 2.94. The van der Waals surface area contributed by atoms with E-state index >= 15 is 0 Å². The number of non-ortho nitro benzene ring substituents is 1. The molecule has 1 heterocycles. The molecule has 2 rings (SSSR count). The summed E-state index contributed by atoms with van der Waals surface area (Å²) in [6.07, 6.45) is 0. The molecule has 0 saturated carbocycles. The summed E-state index contributed by atoms with van der Waals surface area (Å²) in [6.45, 7) is 0. The van der Waals surface area contributed by atoms with Crippen LogP contribution >= 0.6 is 0 Å². The first-order valence-corrected chi connectivity index (χ1v) is 5.70. The number of nitrogens with zero attached hydrogens (tertiary/aromatic N) is 1. The van der Waals surface area contributed by atoms with E-state index in [0.717, 1.165) is 4.46 Å². The number of nitro groups is 1. The molecule has 1 aromatic rings. The average Bonchev–Trinajstić information content (AvgIpc) is 2.47. The Hall–Kier alpha value is -1.19. The van der Waals surface area contributed by atoms with E-state index in [0.29, 0.717) is 10.9 Å². The van der Waals surface area contributed by atoms with Gasteiger partial charge in [0.25, 0.3) is 0 Å². The Morgan fingerprint density at radius 1 is 1.46 bits per heavy atom. The molecular formula is C8H5NO3Se. The van der Waals surface area contributed by atoms with E-state index in [9.17, 15) is 14.9 Å². The Morgan fingerprint density at radius 3 is 2.92 bits per heavy atom. The molecule has 0 unspecified atom stereocenters. The van der Waals surface area contributed by atoms with Crippen LogP contribution in [0.5, 0.6) is 0 Å². The Bertz CT molecular complexity index is 402. The van der Waals surface area contributed by atoms with E-state index < -0.39 is 4.92 Å². The van der Waals surface area contributed by atoms with Crippen LogP contribution in [0.3, 0.4) is 0 Å². The monoisotopic (exact) mass is 243 g/mol. The van der Waals surface area contributed by atoms with Crippen LogP contribution in [0.4, 0.5) is 5.69 Å². The minimum atomic E-state index is -0.473. The Balaban J connectivity index is 2.54. The van der Waals surface area contributed by atoms with Crippen LogP contribution in [0.1, 0.15) is 10.4 Å². The van der Waals surface area contributed by atoms with E-state index in [1.807, 2.05) is 0 Å². The van der Waals surface area contributed by atoms with Gasteiger partial charge in [-0.05, 0) is 0 Å². The third kappa shape index (κ3) is 1.36. The van der Waals surface area contributed by atoms with Gasteiger partial charge >= 0.3 is 79.8 Å². The van der Waals surface area contributed by atoms with Gasteiger partial charge in [0.2, 0.25) is 0 Å². The minimum absolute atomic E-state index is 0.00444. The van der Waals surface area contributed by atoms with Gasteiger partial charge in [0.1, 0.15) is 0 Å². The number of hydrogen-bond donors (Lipinski definition) is 0. The molecule has 1 aliphatic rings. The number of fused-ring (bicyclic) bond motifs is 1. The summed E-state index contributed by atoms with van der Waals surface area (Å²) in [6, 6.07) is 4.53. The Labute approximate surface area is 80.3 Å². The first-order chi connectivity index (χ1) is 6.18. The van der Waals surface area contributed by atoms with E-state index in [2.05, 4.69) is 0 Å². The number of hydrogen-bond acceptors (Lipinski definition) is 3. The van der Waals surface area contributed by atoms with E-state index in [-0.39, 0.29) is 26.4 Å². The summed E-state index contributed by atoms with van der Waals surface area (Å²) in [5.74, 6) is 0.0405. The van der Waals surface area contributed by atoms with Crippen molar-refractivity contribution in [3.63, 3.8) is 0 Å². The number of rotatable bonds is 1. The first-order valence-electron chi connectivity index (χ1n) is 3.63. The summed E-state index contributed by atoms with van der Waals surface area (Å²) in [7, 11) is 0. The van der Waals surface area contributed by atoms with Crippen molar-refractivity contribution in [1.29, 1.82) is 0 Å². The second-order valence-electron chi connectivity index (χ2n) is 2.65. The van der Waals surface area contributed by atoms with Crippen LogP contribution in [-0.4, -0.2) is 25.7 Å². The normalized spacial score (nSPS) is 14.3. The molecule has 66 valence electrons. The molecule has 0 atom stereocenters. The van der Waals surface area contributed by atoms with Crippen molar-refractivity contribution in [3.8, 4) is 0 Å². The fraction of sp³-hybridized carbons (Fsp3) is 0.125. The molecular weight excluding hydrogens is 237 g/mol. The van der Waals surface area contributed by atoms with Crippen LogP contribution in [0, 0.1) is 10.1 Å². The van der Waals surface area contributed by atoms with Gasteiger partial charge in [0, 0.05) is 0 Å². The Kier molecular flexibility index (Phi) is 1.90. The SMILES string of the molecule is O=C1C[Se]c2ccc([N+](=O)[O-])cc21. The zero-order chi connectivity index (χ0) is 9.42. The van der Waals surface area contributed by atoms with Crippen molar-refractivity contribution in [3.05, 3.63) is 33.9 Å². The van der Waals surface area contributed by atoms with Crippen molar-refractivity contribution in [2.75, 3.05) is 0 Å². The fourth-order valence-electron chi connectivity index (χ4n) is 1.20. The zero-order valence-electron chi connectivity index (χ0n) is 6.52. The molecule has 0 radical (unpaired) electrons. The molecule has 13 heavy (non-hydrogen) atoms. The quantitative estimate of drug-likeness (QED) is 0.410. The molecule has 4 nitrogen and oxygen atoms in total. The number of Topliss-reactive ketones (excluding diaryl/α,β-unsaturated/α-hetero) is 1. The first kappa shape index (κ1) is 8.41. The van der Waals surface area contributed by atoms with Gasteiger partial charge < -0.3 is 0 Å². The molecule has 1 aliphatic heterocycles. The summed E-state index contributed by atoms with van der Waals surface area (Å²) in [5, 5.41) is 11.0. The number of carbonyl (C=O) groups is 1. The van der Waals surface area contributed by atoms with Gasteiger partial charge in [-0.1, -0.05) is 0 Å². The summed E-state index contributed by atoms with van der Waals surface area (Å²) in [5.41, 5.74) is 0.555. The summed E-state index contributed by atoms with van der Waals surface area (Å²) < 4.78 is 0.989. The molecule has 0 saturated heterocycles. The molecule has 0 spiro atoms. The topological polar surface area (TPSA) is 60.2 Å². The van der Waals surface area contributed by atoms with E-state index in [1.54, 1.807) is 6.07 Å². The van der Waals surface area contributed by atoms with Crippen molar-refractivity contribution in [2.24, 2.45) is 0 Å². The van der Waals surface area contributed by atoms with Crippen molar-refractivity contribution in [2.45, 2.75) is 5.32 Å². The molecule has 0 N–H and O–H groups in total. The van der Waals surface area contributed by atoms with Gasteiger partial charge in [-0.15, -0.1) is 0 Å². The van der Waals surface area contributed by atoms with Crippen molar-refractivity contribution in [1.82, 2.24) is 0 Å². The zero-order valence-corrected chi connectivity index (χ0v) is 8.23. The average molecular weight is 242 g/mol. The standard InChI is InChI=1S/C8H5NO3Se/c10-7-4-13-8-2-1-5(9(11)12)3-6(7)8/h1-3H,4H2. The molecule has 1 aromatic carbocycles. The molecule has 0 aliphatic carbocycles. The van der Waals surface area contributed by atoms with Gasteiger partial charge in [0.05, 0.1) is 0 Å². The van der Waals surface area contributed by atoms with E-state index in [4.69, 9.17) is 0 Å². The second-order valence-corrected chi connectivity index (χ2v) is 4.78. The Morgan fingerprint density at radius 2 is 2.23 bits per heavy atom. The van der Waals surface area contributed by atoms with Crippen LogP contribution < -0.4 is 4.46 Å². The predicted octanol–water partition coefficient (Wildman–Crippen LogP) is 0.539. The molecule has 0 bridgehead atoms. The van der Waals surface area contributed by atoms with Crippen molar-refractivity contribution >= 4 is 30.9 Å². The van der Waals surface area contributed by atoms with Gasteiger partial charge in [0.15, 0.2) is 0 Å². The summed E-state index contributed by atoms with van der Waals surface area (Å²) in [4.78, 5) is 21.2. The van der Waals surface area contributed by atoms with Crippen LogP contribution in [0.15, 0.2) is 18.2 Å². The predicted molar refractivity (Wildman–Crippen MR) is 47.6 cm³/mol. The number of nitro benzene ring substituents is 1. The number of ketones is 1. The van der Waals surface area contributed by atoms with Crippen molar-refractivity contribution < 1.29 is 9.72 Å². The van der Waals surface area contributed by atoms with E-state index in [1.165, 1.54) is 12.1 Å². The number of benzene rings is 1. The van der Waals surface area contributed by atoms with Gasteiger partial charge in [-0.25, -0.2) is 0 Å². The fourth-order valence-corrected chi connectivity index (χ4v) is 3.16. The number of carbonyl (C=O) groups excluding carboxylic acids is 1. The van der Waals surface area contributed by atoms with Gasteiger partial charge in [-0.2, -0.15) is 0 Å². The van der Waals surface area contributed by atoms with Crippen LogP contribution in [0.2, 0.25) is 5.32 Å². The molecule has 0 aromatic heterocycles. The maximum absolute atomic E-state index is 11.2. The van der Waals surface area contributed by atoms with Crippen LogP contribution in [-0.2, 0) is 0 Å². The third-order valence-electron chi connectivity index (χ3n) is 1.83. The van der Waals surface area contributed by atoms with Crippen LogP contribution in [0.25, 0.3) is 0 Å². The molecule has 0 amide bonds. The maximum atomic E-state index is 11.2. The van der Waals surface area contributed by atoms with Gasteiger partial charge in [-0.3, -0.25) is 0 Å². The third-order valence-corrected chi connectivity index (χ3v) is 4.09. The summed E-state index contributed by atoms with van der Waals surface area (Å²) >= 11 is 0.182. The molecule has 5 heteroatoms.